The third kappa shape index (κ3) is 0.897. The number of hydrogen-bond acceptors (Lipinski definition) is 1. The van der Waals surface area contributed by atoms with E-state index >= 15 is 0 Å². The molecule has 1 amide bonds. The number of nitrogens with one attached hydrogen (secondary N) is 1. The molecule has 2 rings (SSSR count). The Kier molecular flexibility index (Phi) is 1.34. The Bertz CT molecular complexity index is 273. The fraction of sp³-hybridized carbons (Fsp3) is 0.444. The topological polar surface area (TPSA) is 29.1 Å². The molecule has 11 heavy (non-hydrogen) atoms. The molecule has 0 aromatic carbocycles. The van der Waals surface area contributed by atoms with Gasteiger partial charge in [-0.25, -0.2) is 0 Å². The number of fused-ring (bicyclic) bond motifs is 1. The summed E-state index contributed by atoms with van der Waals surface area (Å²) in [5, 5.41) is 2.85. The molecule has 0 bridgehead atoms. The lowest BCUT2D eigenvalue weighted by atomic mass is 9.97. The molecule has 2 aliphatic rings. The molecule has 1 heterocycles. The lowest BCUT2D eigenvalue weighted by molar-refractivity contribution is -0.116. The van der Waals surface area contributed by atoms with Gasteiger partial charge >= 0.3 is 0 Å². The molecule has 0 saturated heterocycles. The molecule has 2 nitrogen and oxygen atoms in total. The molecule has 0 aromatic rings. The van der Waals surface area contributed by atoms with E-state index in [0.717, 1.165) is 24.1 Å². The molecule has 0 aromatic heterocycles. The predicted molar refractivity (Wildman–Crippen MR) is 42.8 cm³/mol. The van der Waals surface area contributed by atoms with E-state index in [-0.39, 0.29) is 5.91 Å². The van der Waals surface area contributed by atoms with Gasteiger partial charge in [0.15, 0.2) is 0 Å². The number of hydrogen-bond donors (Lipinski definition) is 1. The molecule has 1 aliphatic carbocycles. The Hall–Kier alpha value is -1.05. The van der Waals surface area contributed by atoms with E-state index in [1.165, 1.54) is 12.0 Å². The second kappa shape index (κ2) is 2.22. The Morgan fingerprint density at radius 3 is 3.09 bits per heavy atom. The van der Waals surface area contributed by atoms with Gasteiger partial charge in [0.05, 0.1) is 0 Å². The van der Waals surface area contributed by atoms with Crippen LogP contribution in [-0.2, 0) is 4.79 Å². The average molecular weight is 149 g/mol. The maximum Gasteiger partial charge on any atom is 0.251 e. The zero-order chi connectivity index (χ0) is 7.84. The minimum atomic E-state index is 0.0909. The zero-order valence-electron chi connectivity index (χ0n) is 6.61. The van der Waals surface area contributed by atoms with Gasteiger partial charge in [-0.3, -0.25) is 4.79 Å². The van der Waals surface area contributed by atoms with Crippen molar-refractivity contribution in [1.82, 2.24) is 5.32 Å². The van der Waals surface area contributed by atoms with Gasteiger partial charge < -0.3 is 5.32 Å². The molecule has 0 atom stereocenters. The van der Waals surface area contributed by atoms with Crippen molar-refractivity contribution in [3.8, 4) is 0 Å². The highest BCUT2D eigenvalue weighted by Crippen LogP contribution is 2.29. The lowest BCUT2D eigenvalue weighted by Gasteiger charge is -2.10. The fourth-order valence-corrected chi connectivity index (χ4v) is 1.65. The van der Waals surface area contributed by atoms with Crippen molar-refractivity contribution in [2.24, 2.45) is 0 Å². The summed E-state index contributed by atoms with van der Waals surface area (Å²) in [6.07, 6.45) is 5.47. The van der Waals surface area contributed by atoms with E-state index in [4.69, 9.17) is 0 Å². The Morgan fingerprint density at radius 2 is 2.36 bits per heavy atom. The SMILES string of the molecule is CC1=C2CCCC=C2NC1=O. The maximum atomic E-state index is 11.1. The molecular weight excluding hydrogens is 138 g/mol. The van der Waals surface area contributed by atoms with Crippen molar-refractivity contribution in [3.05, 3.63) is 22.9 Å². The van der Waals surface area contributed by atoms with Gasteiger partial charge in [0, 0.05) is 11.3 Å². The third-order valence-corrected chi connectivity index (χ3v) is 2.35. The van der Waals surface area contributed by atoms with E-state index in [1.807, 2.05) is 6.92 Å². The molecule has 2 heteroatoms. The molecule has 0 unspecified atom stereocenters. The highest BCUT2D eigenvalue weighted by Gasteiger charge is 2.24. The van der Waals surface area contributed by atoms with Crippen molar-refractivity contribution in [3.63, 3.8) is 0 Å². The van der Waals surface area contributed by atoms with Gasteiger partial charge in [-0.15, -0.1) is 0 Å². The van der Waals surface area contributed by atoms with Crippen LogP contribution in [-0.4, -0.2) is 5.91 Å². The van der Waals surface area contributed by atoms with Crippen LogP contribution in [0, 0.1) is 0 Å². The highest BCUT2D eigenvalue weighted by atomic mass is 16.1. The van der Waals surface area contributed by atoms with Gasteiger partial charge in [0.25, 0.3) is 5.91 Å². The smallest absolute Gasteiger partial charge is 0.251 e. The number of carbonyl (C=O) groups excluding carboxylic acids is 1. The molecular formula is C9H11NO. The van der Waals surface area contributed by atoms with Gasteiger partial charge in [-0.1, -0.05) is 6.08 Å². The van der Waals surface area contributed by atoms with E-state index in [2.05, 4.69) is 11.4 Å². The van der Waals surface area contributed by atoms with Gasteiger partial charge in [-0.05, 0) is 31.8 Å². The summed E-state index contributed by atoms with van der Waals surface area (Å²) in [4.78, 5) is 11.1. The summed E-state index contributed by atoms with van der Waals surface area (Å²) in [5.41, 5.74) is 3.22. The number of allylic oxidation sites excluding steroid dienone is 2. The summed E-state index contributed by atoms with van der Waals surface area (Å²) < 4.78 is 0. The summed E-state index contributed by atoms with van der Waals surface area (Å²) in [7, 11) is 0. The quantitative estimate of drug-likeness (QED) is 0.555. The Morgan fingerprint density at radius 1 is 1.55 bits per heavy atom. The lowest BCUT2D eigenvalue weighted by Crippen LogP contribution is -2.16. The van der Waals surface area contributed by atoms with Crippen LogP contribution in [0.4, 0.5) is 0 Å². The molecule has 1 aliphatic heterocycles. The first-order valence-electron chi connectivity index (χ1n) is 4.00. The minimum absolute atomic E-state index is 0.0909. The van der Waals surface area contributed by atoms with Crippen molar-refractivity contribution in [2.75, 3.05) is 0 Å². The van der Waals surface area contributed by atoms with Gasteiger partial charge in [-0.2, -0.15) is 0 Å². The number of amides is 1. The van der Waals surface area contributed by atoms with E-state index in [1.54, 1.807) is 0 Å². The normalized spacial score (nSPS) is 23.0. The molecule has 0 fully saturated rings. The second-order valence-corrected chi connectivity index (χ2v) is 3.07. The number of carbonyl (C=O) groups is 1. The molecule has 0 radical (unpaired) electrons. The van der Waals surface area contributed by atoms with Crippen molar-refractivity contribution >= 4 is 5.91 Å². The average Bonchev–Trinajstić information content (AvgIpc) is 2.30. The van der Waals surface area contributed by atoms with Crippen LogP contribution >= 0.6 is 0 Å². The van der Waals surface area contributed by atoms with Crippen LogP contribution in [0.15, 0.2) is 22.9 Å². The van der Waals surface area contributed by atoms with Crippen LogP contribution < -0.4 is 5.32 Å². The molecule has 0 saturated carbocycles. The van der Waals surface area contributed by atoms with Crippen LogP contribution in [0.25, 0.3) is 0 Å². The van der Waals surface area contributed by atoms with E-state index in [9.17, 15) is 4.79 Å². The Balaban J connectivity index is 2.45. The highest BCUT2D eigenvalue weighted by molar-refractivity contribution is 5.99. The van der Waals surface area contributed by atoms with Crippen molar-refractivity contribution in [1.29, 1.82) is 0 Å². The van der Waals surface area contributed by atoms with Crippen LogP contribution in [0.5, 0.6) is 0 Å². The minimum Gasteiger partial charge on any atom is -0.322 e. The first kappa shape index (κ1) is 6.65. The first-order valence-corrected chi connectivity index (χ1v) is 4.00. The van der Waals surface area contributed by atoms with Gasteiger partial charge in [0.1, 0.15) is 0 Å². The zero-order valence-corrected chi connectivity index (χ0v) is 6.61. The third-order valence-electron chi connectivity index (χ3n) is 2.35. The fourth-order valence-electron chi connectivity index (χ4n) is 1.65. The monoisotopic (exact) mass is 149 g/mol. The van der Waals surface area contributed by atoms with Crippen LogP contribution in [0.2, 0.25) is 0 Å². The largest absolute Gasteiger partial charge is 0.322 e. The van der Waals surface area contributed by atoms with Crippen molar-refractivity contribution < 1.29 is 4.79 Å². The summed E-state index contributed by atoms with van der Waals surface area (Å²) in [6.45, 7) is 1.90. The summed E-state index contributed by atoms with van der Waals surface area (Å²) in [5.74, 6) is 0.0909. The molecule has 58 valence electrons. The number of rotatable bonds is 0. The van der Waals surface area contributed by atoms with E-state index < -0.39 is 0 Å². The van der Waals surface area contributed by atoms with Crippen LogP contribution in [0.3, 0.4) is 0 Å². The maximum absolute atomic E-state index is 11.1. The van der Waals surface area contributed by atoms with Gasteiger partial charge in [0.2, 0.25) is 0 Å². The second-order valence-electron chi connectivity index (χ2n) is 3.07. The molecule has 1 N–H and O–H groups in total. The first-order chi connectivity index (χ1) is 5.29. The summed E-state index contributed by atoms with van der Waals surface area (Å²) in [6, 6.07) is 0. The van der Waals surface area contributed by atoms with Crippen molar-refractivity contribution in [2.45, 2.75) is 26.2 Å². The molecule has 0 spiro atoms. The standard InChI is InChI=1S/C9H11NO/c1-6-7-4-2-3-5-8(7)10-9(6)11/h5H,2-4H2,1H3,(H,10,11). The predicted octanol–water partition coefficient (Wildman–Crippen LogP) is 1.50. The summed E-state index contributed by atoms with van der Waals surface area (Å²) >= 11 is 0. The van der Waals surface area contributed by atoms with Crippen LogP contribution in [0.1, 0.15) is 26.2 Å². The van der Waals surface area contributed by atoms with E-state index in [0.29, 0.717) is 0 Å². The Labute approximate surface area is 66.0 Å².